The van der Waals surface area contributed by atoms with Crippen molar-refractivity contribution in [3.8, 4) is 11.5 Å². The number of hydrogen-bond acceptors (Lipinski definition) is 3. The molecule has 0 fully saturated rings. The Labute approximate surface area is 106 Å². The molecule has 86 valence electrons. The second-order valence-corrected chi connectivity index (χ2v) is 4.70. The maximum atomic E-state index is 5.80. The summed E-state index contributed by atoms with van der Waals surface area (Å²) in [5.41, 5.74) is 9.25. The highest BCUT2D eigenvalue weighted by molar-refractivity contribution is 9.10. The van der Waals surface area contributed by atoms with Crippen LogP contribution >= 0.6 is 15.9 Å². The number of nitrogens with zero attached hydrogens (tertiary/aromatic N) is 2. The molecule has 0 bridgehead atoms. The predicted octanol–water partition coefficient (Wildman–Crippen LogP) is 3.25. The molecule has 0 unspecified atom stereocenters. The van der Waals surface area contributed by atoms with Gasteiger partial charge in [0.2, 0.25) is 0 Å². The Morgan fingerprint density at radius 1 is 1.35 bits per heavy atom. The molecule has 0 aliphatic carbocycles. The van der Waals surface area contributed by atoms with Gasteiger partial charge in [-0.3, -0.25) is 0 Å². The van der Waals surface area contributed by atoms with Gasteiger partial charge in [0.15, 0.2) is 10.4 Å². The van der Waals surface area contributed by atoms with Gasteiger partial charge in [-0.15, -0.1) is 0 Å². The average Bonchev–Trinajstić information content (AvgIpc) is 2.83. The van der Waals surface area contributed by atoms with Gasteiger partial charge in [-0.25, -0.2) is 4.98 Å². The van der Waals surface area contributed by atoms with Gasteiger partial charge in [0.05, 0.1) is 0 Å². The van der Waals surface area contributed by atoms with Crippen molar-refractivity contribution in [3.63, 3.8) is 0 Å². The maximum absolute atomic E-state index is 5.80. The first kappa shape index (κ1) is 10.4. The summed E-state index contributed by atoms with van der Waals surface area (Å²) in [7, 11) is 0. The first-order valence-electron chi connectivity index (χ1n) is 5.14. The zero-order chi connectivity index (χ0) is 12.0. The highest BCUT2D eigenvalue weighted by Crippen LogP contribution is 2.25. The van der Waals surface area contributed by atoms with Crippen molar-refractivity contribution in [2.75, 3.05) is 5.73 Å². The van der Waals surface area contributed by atoms with Gasteiger partial charge in [-0.2, -0.15) is 0 Å². The van der Waals surface area contributed by atoms with Crippen LogP contribution in [0, 0.1) is 6.92 Å². The van der Waals surface area contributed by atoms with Crippen LogP contribution in [0.4, 0.5) is 5.69 Å². The van der Waals surface area contributed by atoms with E-state index in [1.165, 1.54) is 0 Å². The van der Waals surface area contributed by atoms with Crippen LogP contribution in [0.25, 0.3) is 17.1 Å². The highest BCUT2D eigenvalue weighted by Gasteiger charge is 2.10. The van der Waals surface area contributed by atoms with Crippen LogP contribution in [0.15, 0.2) is 39.7 Å². The smallest absolute Gasteiger partial charge is 0.169 e. The number of halogens is 1. The quantitative estimate of drug-likeness (QED) is 0.749. The number of furan rings is 1. The molecule has 0 saturated carbocycles. The number of anilines is 1. The van der Waals surface area contributed by atoms with E-state index in [4.69, 9.17) is 10.2 Å². The van der Waals surface area contributed by atoms with Gasteiger partial charge in [0.1, 0.15) is 11.3 Å². The molecular formula is C12H10BrN3O. The first-order chi connectivity index (χ1) is 8.13. The summed E-state index contributed by atoms with van der Waals surface area (Å²) in [6.45, 7) is 1.99. The molecule has 3 aromatic rings. The zero-order valence-electron chi connectivity index (χ0n) is 9.14. The molecule has 0 spiro atoms. The SMILES string of the molecule is Cc1cc(N)cn2cc(-c3ccc(Br)o3)nc12. The predicted molar refractivity (Wildman–Crippen MR) is 69.7 cm³/mol. The van der Waals surface area contributed by atoms with Crippen molar-refractivity contribution in [3.05, 3.63) is 40.8 Å². The van der Waals surface area contributed by atoms with Gasteiger partial charge in [-0.05, 0) is 46.6 Å². The first-order valence-corrected chi connectivity index (χ1v) is 5.93. The summed E-state index contributed by atoms with van der Waals surface area (Å²) in [6.07, 6.45) is 3.75. The number of hydrogen-bond donors (Lipinski definition) is 1. The Bertz CT molecular complexity index is 699. The molecular weight excluding hydrogens is 282 g/mol. The van der Waals surface area contributed by atoms with E-state index in [0.717, 1.165) is 28.4 Å². The van der Waals surface area contributed by atoms with Crippen LogP contribution in [0.3, 0.4) is 0 Å². The van der Waals surface area contributed by atoms with Gasteiger partial charge in [-0.1, -0.05) is 0 Å². The number of aromatic nitrogens is 2. The van der Waals surface area contributed by atoms with Crippen molar-refractivity contribution in [1.82, 2.24) is 9.38 Å². The topological polar surface area (TPSA) is 56.5 Å². The van der Waals surface area contributed by atoms with E-state index in [0.29, 0.717) is 4.67 Å². The minimum absolute atomic E-state index is 0.695. The van der Waals surface area contributed by atoms with Crippen LogP contribution in [0.2, 0.25) is 0 Å². The third-order valence-electron chi connectivity index (χ3n) is 2.58. The lowest BCUT2D eigenvalue weighted by atomic mass is 10.3. The Morgan fingerprint density at radius 3 is 2.88 bits per heavy atom. The molecule has 0 atom stereocenters. The zero-order valence-corrected chi connectivity index (χ0v) is 10.7. The van der Waals surface area contributed by atoms with E-state index in [2.05, 4.69) is 20.9 Å². The highest BCUT2D eigenvalue weighted by atomic mass is 79.9. The molecule has 4 nitrogen and oxygen atoms in total. The van der Waals surface area contributed by atoms with Gasteiger partial charge < -0.3 is 14.6 Å². The third-order valence-corrected chi connectivity index (χ3v) is 3.01. The molecule has 3 rings (SSSR count). The molecule has 0 aliphatic rings. The molecule has 0 saturated heterocycles. The lowest BCUT2D eigenvalue weighted by molar-refractivity contribution is 0.554. The molecule has 0 aromatic carbocycles. The van der Waals surface area contributed by atoms with Crippen LogP contribution in [0.5, 0.6) is 0 Å². The molecule has 5 heteroatoms. The van der Waals surface area contributed by atoms with E-state index < -0.39 is 0 Å². The molecule has 0 amide bonds. The fraction of sp³-hybridized carbons (Fsp3) is 0.0833. The van der Waals surface area contributed by atoms with Crippen LogP contribution in [-0.2, 0) is 0 Å². The molecule has 3 heterocycles. The lowest BCUT2D eigenvalue weighted by Gasteiger charge is -1.98. The average molecular weight is 292 g/mol. The van der Waals surface area contributed by atoms with Gasteiger partial charge >= 0.3 is 0 Å². The minimum atomic E-state index is 0.695. The Kier molecular flexibility index (Phi) is 2.22. The Morgan fingerprint density at radius 2 is 2.18 bits per heavy atom. The van der Waals surface area contributed by atoms with Gasteiger partial charge in [0, 0.05) is 18.1 Å². The fourth-order valence-corrected chi connectivity index (χ4v) is 2.17. The van der Waals surface area contributed by atoms with Crippen molar-refractivity contribution >= 4 is 27.3 Å². The molecule has 0 radical (unpaired) electrons. The van der Waals surface area contributed by atoms with Gasteiger partial charge in [0.25, 0.3) is 0 Å². The summed E-state index contributed by atoms with van der Waals surface area (Å²) >= 11 is 3.28. The van der Waals surface area contributed by atoms with Crippen LogP contribution in [-0.4, -0.2) is 9.38 Å². The fourth-order valence-electron chi connectivity index (χ4n) is 1.87. The number of aryl methyl sites for hydroxylation is 1. The third kappa shape index (κ3) is 1.72. The lowest BCUT2D eigenvalue weighted by Crippen LogP contribution is -1.92. The number of imidazole rings is 1. The summed E-state index contributed by atoms with van der Waals surface area (Å²) in [5.74, 6) is 0.735. The van der Waals surface area contributed by atoms with E-state index in [9.17, 15) is 0 Å². The van der Waals surface area contributed by atoms with Crippen LogP contribution in [0.1, 0.15) is 5.56 Å². The monoisotopic (exact) mass is 291 g/mol. The number of pyridine rings is 1. The van der Waals surface area contributed by atoms with E-state index in [1.54, 1.807) is 0 Å². The number of nitrogen functional groups attached to an aromatic ring is 1. The normalized spacial score (nSPS) is 11.2. The summed E-state index contributed by atoms with van der Waals surface area (Å²) < 4.78 is 8.09. The minimum Gasteiger partial charge on any atom is -0.448 e. The van der Waals surface area contributed by atoms with E-state index >= 15 is 0 Å². The van der Waals surface area contributed by atoms with Crippen molar-refractivity contribution in [2.24, 2.45) is 0 Å². The van der Waals surface area contributed by atoms with Crippen LogP contribution < -0.4 is 5.73 Å². The van der Waals surface area contributed by atoms with Crippen molar-refractivity contribution in [1.29, 1.82) is 0 Å². The maximum Gasteiger partial charge on any atom is 0.169 e. The second kappa shape index (κ2) is 3.63. The summed E-state index contributed by atoms with van der Waals surface area (Å²) in [4.78, 5) is 4.53. The largest absolute Gasteiger partial charge is 0.448 e. The van der Waals surface area contributed by atoms with Crippen molar-refractivity contribution in [2.45, 2.75) is 6.92 Å². The van der Waals surface area contributed by atoms with E-state index in [-0.39, 0.29) is 0 Å². The Hall–Kier alpha value is -1.75. The molecule has 2 N–H and O–H groups in total. The van der Waals surface area contributed by atoms with Crippen molar-refractivity contribution < 1.29 is 4.42 Å². The molecule has 17 heavy (non-hydrogen) atoms. The Balaban J connectivity index is 2.23. The number of rotatable bonds is 1. The number of fused-ring (bicyclic) bond motifs is 1. The second-order valence-electron chi connectivity index (χ2n) is 3.92. The standard InChI is InChI=1S/C12H10BrN3O/c1-7-4-8(14)5-16-6-9(15-12(7)16)10-2-3-11(13)17-10/h2-6H,14H2,1H3. The number of nitrogens with two attached hydrogens (primary N) is 1. The summed E-state index contributed by atoms with van der Waals surface area (Å²) in [5, 5.41) is 0. The molecule has 3 aromatic heterocycles. The summed E-state index contributed by atoms with van der Waals surface area (Å²) in [6, 6.07) is 5.63. The van der Waals surface area contributed by atoms with E-state index in [1.807, 2.05) is 41.9 Å². The molecule has 0 aliphatic heterocycles.